The molecule has 0 radical (unpaired) electrons. The van der Waals surface area contributed by atoms with Gasteiger partial charge in [0, 0.05) is 31.1 Å². The van der Waals surface area contributed by atoms with E-state index in [2.05, 4.69) is 16.0 Å². The number of carbonyl (C=O) groups excluding carboxylic acids is 4. The van der Waals surface area contributed by atoms with Crippen molar-refractivity contribution < 1.29 is 33.4 Å². The minimum Gasteiger partial charge on any atom is -0.460 e. The first-order valence-electron chi connectivity index (χ1n) is 13.8. The Bertz CT molecular complexity index is 1040. The molecule has 3 atom stereocenters. The molecule has 0 bridgehead atoms. The lowest BCUT2D eigenvalue weighted by atomic mass is 9.81. The number of amides is 3. The molecule has 0 spiro atoms. The van der Waals surface area contributed by atoms with Crippen molar-refractivity contribution in [2.24, 2.45) is 5.41 Å². The number of fused-ring (bicyclic) bond motifs is 1. The summed E-state index contributed by atoms with van der Waals surface area (Å²) >= 11 is 1.89. The molecule has 3 rings (SSSR count). The number of hydrogen-bond acceptors (Lipinski definition) is 8. The Morgan fingerprint density at radius 3 is 2.35 bits per heavy atom. The Labute approximate surface area is 241 Å². The topological polar surface area (TPSA) is 132 Å². The van der Waals surface area contributed by atoms with Crippen LogP contribution < -0.4 is 16.0 Å². The van der Waals surface area contributed by atoms with Gasteiger partial charge in [0.15, 0.2) is 0 Å². The average Bonchev–Trinajstić information content (AvgIpc) is 3.43. The predicted molar refractivity (Wildman–Crippen MR) is 153 cm³/mol. The summed E-state index contributed by atoms with van der Waals surface area (Å²) in [6.45, 7) is 8.70. The van der Waals surface area contributed by atoms with Crippen LogP contribution in [0.25, 0.3) is 0 Å². The number of carbonyl (C=O) groups is 4. The molecule has 11 heteroatoms. The summed E-state index contributed by atoms with van der Waals surface area (Å²) in [5.41, 5.74) is -0.400. The minimum atomic E-state index is -0.773. The van der Waals surface area contributed by atoms with Crippen molar-refractivity contribution in [1.29, 1.82) is 0 Å². The second-order valence-electron chi connectivity index (χ2n) is 11.8. The van der Waals surface area contributed by atoms with Gasteiger partial charge in [-0.15, -0.1) is 0 Å². The van der Waals surface area contributed by atoms with Crippen LogP contribution in [0.5, 0.6) is 0 Å². The Kier molecular flexibility index (Phi) is 11.3. The summed E-state index contributed by atoms with van der Waals surface area (Å²) in [4.78, 5) is 48.8. The van der Waals surface area contributed by atoms with Gasteiger partial charge in [0.2, 0.25) is 5.91 Å². The Balaban J connectivity index is 1.36. The Morgan fingerprint density at radius 1 is 1.00 bits per heavy atom. The van der Waals surface area contributed by atoms with E-state index in [1.807, 2.05) is 39.5 Å². The van der Waals surface area contributed by atoms with E-state index >= 15 is 0 Å². The van der Waals surface area contributed by atoms with Gasteiger partial charge < -0.3 is 30.2 Å². The van der Waals surface area contributed by atoms with E-state index in [0.717, 1.165) is 25.0 Å². The summed E-state index contributed by atoms with van der Waals surface area (Å²) in [7, 11) is 1.53. The second kappa shape index (κ2) is 14.2. The number of benzene rings is 1. The van der Waals surface area contributed by atoms with Crippen molar-refractivity contribution in [2.45, 2.75) is 82.7 Å². The maximum absolute atomic E-state index is 12.8. The summed E-state index contributed by atoms with van der Waals surface area (Å²) in [5.74, 6) is -0.0164. The molecule has 0 aliphatic carbocycles. The molecule has 40 heavy (non-hydrogen) atoms. The van der Waals surface area contributed by atoms with E-state index in [-0.39, 0.29) is 36.0 Å². The molecular formula is C29H43N3O7S. The quantitative estimate of drug-likeness (QED) is 0.163. The summed E-state index contributed by atoms with van der Waals surface area (Å²) in [6, 6.07) is 6.49. The zero-order valence-electron chi connectivity index (χ0n) is 24.2. The molecule has 2 aliphatic heterocycles. The standard InChI is InChI=1S/C29H43N3O7S/c1-28(2,18-30-23(33)9-7-6-8-22-24-21(16-40-22)31-27(36)32-24)17-29(3,4)39-26(35)20-12-10-19(11-13-20)25(34)38-15-14-37-5/h10-13,21-22,24H,6-9,14-18H2,1-5H3,(H,30,33)(H2,31,32,36). The number of rotatable bonds is 15. The number of nitrogens with one attached hydrogen (secondary N) is 3. The molecule has 2 aliphatic rings. The lowest BCUT2D eigenvalue weighted by molar-refractivity contribution is -0.122. The van der Waals surface area contributed by atoms with Crippen molar-refractivity contribution in [3.63, 3.8) is 0 Å². The number of esters is 2. The van der Waals surface area contributed by atoms with Crippen LogP contribution in [0, 0.1) is 5.41 Å². The van der Waals surface area contributed by atoms with Gasteiger partial charge in [-0.25, -0.2) is 14.4 Å². The van der Waals surface area contributed by atoms with Crippen LogP contribution in [0.3, 0.4) is 0 Å². The highest BCUT2D eigenvalue weighted by Crippen LogP contribution is 2.33. The fourth-order valence-electron chi connectivity index (χ4n) is 5.30. The van der Waals surface area contributed by atoms with Crippen LogP contribution in [-0.4, -0.2) is 79.4 Å². The van der Waals surface area contributed by atoms with Gasteiger partial charge in [-0.05, 0) is 62.8 Å². The van der Waals surface area contributed by atoms with Crippen molar-refractivity contribution in [1.82, 2.24) is 16.0 Å². The van der Waals surface area contributed by atoms with E-state index in [4.69, 9.17) is 14.2 Å². The highest BCUT2D eigenvalue weighted by Gasteiger charge is 2.42. The van der Waals surface area contributed by atoms with Crippen LogP contribution in [-0.2, 0) is 19.0 Å². The average molecular weight is 578 g/mol. The third-order valence-electron chi connectivity index (χ3n) is 6.99. The van der Waals surface area contributed by atoms with Crippen LogP contribution in [0.4, 0.5) is 4.79 Å². The predicted octanol–water partition coefficient (Wildman–Crippen LogP) is 3.68. The first-order valence-corrected chi connectivity index (χ1v) is 14.9. The summed E-state index contributed by atoms with van der Waals surface area (Å²) < 4.78 is 15.7. The number of unbranched alkanes of at least 4 members (excludes halogenated alkanes) is 1. The Morgan fingerprint density at radius 2 is 1.68 bits per heavy atom. The number of hydrogen-bond donors (Lipinski definition) is 3. The molecular weight excluding hydrogens is 534 g/mol. The molecule has 2 heterocycles. The number of ether oxygens (including phenoxy) is 3. The summed E-state index contributed by atoms with van der Waals surface area (Å²) in [5, 5.41) is 9.39. The van der Waals surface area contributed by atoms with Gasteiger partial charge in [-0.3, -0.25) is 4.79 Å². The normalized spacial score (nSPS) is 20.3. The highest BCUT2D eigenvalue weighted by molar-refractivity contribution is 8.00. The largest absolute Gasteiger partial charge is 0.460 e. The van der Waals surface area contributed by atoms with E-state index in [1.54, 1.807) is 12.1 Å². The molecule has 1 aromatic rings. The van der Waals surface area contributed by atoms with Crippen LogP contribution in [0.1, 0.15) is 80.5 Å². The molecule has 10 nitrogen and oxygen atoms in total. The smallest absolute Gasteiger partial charge is 0.338 e. The maximum Gasteiger partial charge on any atom is 0.338 e. The fourth-order valence-corrected chi connectivity index (χ4v) is 6.85. The maximum atomic E-state index is 12.8. The van der Waals surface area contributed by atoms with Gasteiger partial charge in [-0.2, -0.15) is 11.8 Å². The highest BCUT2D eigenvalue weighted by atomic mass is 32.2. The molecule has 3 unspecified atom stereocenters. The van der Waals surface area contributed by atoms with Gasteiger partial charge in [0.25, 0.3) is 0 Å². The molecule has 222 valence electrons. The molecule has 2 fully saturated rings. The zero-order chi connectivity index (χ0) is 29.3. The van der Waals surface area contributed by atoms with Crippen molar-refractivity contribution >= 4 is 35.6 Å². The van der Waals surface area contributed by atoms with Crippen LogP contribution in [0.15, 0.2) is 24.3 Å². The minimum absolute atomic E-state index is 0.0106. The zero-order valence-corrected chi connectivity index (χ0v) is 25.0. The first-order chi connectivity index (χ1) is 18.9. The first kappa shape index (κ1) is 31.7. The molecule has 0 saturated carbocycles. The second-order valence-corrected chi connectivity index (χ2v) is 13.1. The SMILES string of the molecule is COCCOC(=O)c1ccc(C(=O)OC(C)(C)CC(C)(C)CNC(=O)CCCCC2SCC3NC(=O)NC32)cc1. The lowest BCUT2D eigenvalue weighted by Gasteiger charge is -2.34. The lowest BCUT2D eigenvalue weighted by Crippen LogP contribution is -2.40. The number of urea groups is 1. The molecule has 2 saturated heterocycles. The van der Waals surface area contributed by atoms with Crippen LogP contribution >= 0.6 is 11.8 Å². The van der Waals surface area contributed by atoms with Crippen molar-refractivity contribution in [2.75, 3.05) is 32.6 Å². The van der Waals surface area contributed by atoms with Gasteiger partial charge in [0.1, 0.15) is 12.2 Å². The Hall–Kier alpha value is -2.79. The van der Waals surface area contributed by atoms with E-state index in [0.29, 0.717) is 42.4 Å². The third-order valence-corrected chi connectivity index (χ3v) is 8.50. The van der Waals surface area contributed by atoms with E-state index < -0.39 is 17.5 Å². The fraction of sp³-hybridized carbons (Fsp3) is 0.655. The number of methoxy groups -OCH3 is 1. The van der Waals surface area contributed by atoms with Crippen molar-refractivity contribution in [3.05, 3.63) is 35.4 Å². The molecule has 3 N–H and O–H groups in total. The molecule has 3 amide bonds. The number of thioether (sulfide) groups is 1. The molecule has 1 aromatic carbocycles. The summed E-state index contributed by atoms with van der Waals surface area (Å²) in [6.07, 6.45) is 3.71. The van der Waals surface area contributed by atoms with Crippen LogP contribution in [0.2, 0.25) is 0 Å². The van der Waals surface area contributed by atoms with E-state index in [1.165, 1.54) is 19.2 Å². The van der Waals surface area contributed by atoms with Gasteiger partial charge in [-0.1, -0.05) is 20.3 Å². The van der Waals surface area contributed by atoms with Gasteiger partial charge >= 0.3 is 18.0 Å². The monoisotopic (exact) mass is 577 g/mol. The molecule has 0 aromatic heterocycles. The van der Waals surface area contributed by atoms with E-state index in [9.17, 15) is 19.2 Å². The van der Waals surface area contributed by atoms with Gasteiger partial charge in [0.05, 0.1) is 29.8 Å². The van der Waals surface area contributed by atoms with Crippen molar-refractivity contribution in [3.8, 4) is 0 Å². The third kappa shape index (κ3) is 9.69.